The molecule has 0 spiro atoms. The Hall–Kier alpha value is -0.900. The van der Waals surface area contributed by atoms with Crippen LogP contribution in [-0.2, 0) is 6.54 Å². The third-order valence-corrected chi connectivity index (χ3v) is 3.64. The number of aromatic nitrogens is 1. The van der Waals surface area contributed by atoms with Gasteiger partial charge in [0, 0.05) is 22.0 Å². The van der Waals surface area contributed by atoms with Crippen molar-refractivity contribution in [3.8, 4) is 10.6 Å². The van der Waals surface area contributed by atoms with Gasteiger partial charge in [0.25, 0.3) is 0 Å². The number of rotatable bonds is 3. The van der Waals surface area contributed by atoms with E-state index in [0.29, 0.717) is 0 Å². The van der Waals surface area contributed by atoms with Crippen molar-refractivity contribution in [3.63, 3.8) is 0 Å². The van der Waals surface area contributed by atoms with Crippen molar-refractivity contribution < 1.29 is 0 Å². The summed E-state index contributed by atoms with van der Waals surface area (Å²) >= 11 is 7.58. The van der Waals surface area contributed by atoms with E-state index in [1.807, 2.05) is 31.3 Å². The zero-order valence-corrected chi connectivity index (χ0v) is 10.8. The molecule has 0 aliphatic heterocycles. The second kappa shape index (κ2) is 4.95. The molecule has 2 rings (SSSR count). The first-order chi connectivity index (χ1) is 7.70. The Morgan fingerprint density at radius 1 is 1.31 bits per heavy atom. The molecule has 0 atom stereocenters. The Morgan fingerprint density at radius 3 is 2.62 bits per heavy atom. The zero-order chi connectivity index (χ0) is 11.5. The van der Waals surface area contributed by atoms with Gasteiger partial charge < -0.3 is 5.32 Å². The van der Waals surface area contributed by atoms with Gasteiger partial charge in [-0.1, -0.05) is 23.7 Å². The summed E-state index contributed by atoms with van der Waals surface area (Å²) in [6, 6.07) is 7.80. The van der Waals surface area contributed by atoms with Crippen LogP contribution in [0.25, 0.3) is 10.6 Å². The van der Waals surface area contributed by atoms with Gasteiger partial charge in [0.05, 0.1) is 5.69 Å². The lowest BCUT2D eigenvalue weighted by Crippen LogP contribution is -2.06. The van der Waals surface area contributed by atoms with E-state index in [0.717, 1.165) is 27.8 Å². The second-order valence-electron chi connectivity index (χ2n) is 3.56. The minimum Gasteiger partial charge on any atom is -0.314 e. The molecule has 1 aromatic carbocycles. The summed E-state index contributed by atoms with van der Waals surface area (Å²) in [6.07, 6.45) is 0. The van der Waals surface area contributed by atoms with Gasteiger partial charge in [0.1, 0.15) is 5.01 Å². The first kappa shape index (κ1) is 11.6. The Morgan fingerprint density at radius 2 is 2.00 bits per heavy atom. The standard InChI is InChI=1S/C12H13ClN2S/c1-8-11(7-14-2)15-12(16-8)9-3-5-10(13)6-4-9/h3-6,14H,7H2,1-2H3. The number of thiazole rings is 1. The number of benzene rings is 1. The topological polar surface area (TPSA) is 24.9 Å². The molecule has 0 aliphatic carbocycles. The van der Waals surface area contributed by atoms with Crippen molar-refractivity contribution in [1.82, 2.24) is 10.3 Å². The van der Waals surface area contributed by atoms with Gasteiger partial charge >= 0.3 is 0 Å². The lowest BCUT2D eigenvalue weighted by molar-refractivity contribution is 0.793. The molecular formula is C12H13ClN2S. The zero-order valence-electron chi connectivity index (χ0n) is 9.25. The molecular weight excluding hydrogens is 240 g/mol. The van der Waals surface area contributed by atoms with Crippen LogP contribution in [0.4, 0.5) is 0 Å². The number of hydrogen-bond donors (Lipinski definition) is 1. The quantitative estimate of drug-likeness (QED) is 0.905. The van der Waals surface area contributed by atoms with Crippen molar-refractivity contribution in [2.75, 3.05) is 7.05 Å². The van der Waals surface area contributed by atoms with Gasteiger partial charge in [-0.05, 0) is 26.1 Å². The SMILES string of the molecule is CNCc1nc(-c2ccc(Cl)cc2)sc1C. The maximum absolute atomic E-state index is 5.86. The number of halogens is 1. The van der Waals surface area contributed by atoms with Crippen LogP contribution in [0.3, 0.4) is 0 Å². The number of hydrogen-bond acceptors (Lipinski definition) is 3. The van der Waals surface area contributed by atoms with Crippen LogP contribution in [0.1, 0.15) is 10.6 Å². The smallest absolute Gasteiger partial charge is 0.123 e. The average Bonchev–Trinajstić information content (AvgIpc) is 2.62. The number of aryl methyl sites for hydroxylation is 1. The first-order valence-electron chi connectivity index (χ1n) is 5.07. The molecule has 2 aromatic rings. The molecule has 0 aliphatic rings. The van der Waals surface area contributed by atoms with Crippen molar-refractivity contribution >= 4 is 22.9 Å². The van der Waals surface area contributed by atoms with Crippen molar-refractivity contribution in [1.29, 1.82) is 0 Å². The monoisotopic (exact) mass is 252 g/mol. The van der Waals surface area contributed by atoms with Crippen LogP contribution < -0.4 is 5.32 Å². The summed E-state index contributed by atoms with van der Waals surface area (Å²) in [6.45, 7) is 2.92. The summed E-state index contributed by atoms with van der Waals surface area (Å²) in [5.41, 5.74) is 2.25. The van der Waals surface area contributed by atoms with Gasteiger partial charge in [-0.15, -0.1) is 11.3 Å². The van der Waals surface area contributed by atoms with Gasteiger partial charge in [0.2, 0.25) is 0 Å². The molecule has 1 heterocycles. The fraction of sp³-hybridized carbons (Fsp3) is 0.250. The van der Waals surface area contributed by atoms with Crippen molar-refractivity contribution in [3.05, 3.63) is 39.9 Å². The number of nitrogens with one attached hydrogen (secondary N) is 1. The van der Waals surface area contributed by atoms with Crippen LogP contribution in [-0.4, -0.2) is 12.0 Å². The fourth-order valence-corrected chi connectivity index (χ4v) is 2.54. The highest BCUT2D eigenvalue weighted by Gasteiger charge is 2.08. The molecule has 0 fully saturated rings. The summed E-state index contributed by atoms with van der Waals surface area (Å²) in [4.78, 5) is 5.88. The van der Waals surface area contributed by atoms with Crippen LogP contribution in [0.5, 0.6) is 0 Å². The maximum atomic E-state index is 5.86. The molecule has 2 nitrogen and oxygen atoms in total. The molecule has 4 heteroatoms. The van der Waals surface area contributed by atoms with Gasteiger partial charge in [0.15, 0.2) is 0 Å². The second-order valence-corrected chi connectivity index (χ2v) is 5.20. The Balaban J connectivity index is 2.33. The maximum Gasteiger partial charge on any atom is 0.123 e. The average molecular weight is 253 g/mol. The van der Waals surface area contributed by atoms with Gasteiger partial charge in [-0.2, -0.15) is 0 Å². The molecule has 84 valence electrons. The van der Waals surface area contributed by atoms with Crippen LogP contribution in [0.15, 0.2) is 24.3 Å². The first-order valence-corrected chi connectivity index (χ1v) is 6.27. The predicted octanol–water partition coefficient (Wildman–Crippen LogP) is 3.49. The van der Waals surface area contributed by atoms with Crippen LogP contribution in [0, 0.1) is 6.92 Å². The third-order valence-electron chi connectivity index (χ3n) is 2.33. The van der Waals surface area contributed by atoms with E-state index >= 15 is 0 Å². The fourth-order valence-electron chi connectivity index (χ4n) is 1.48. The largest absolute Gasteiger partial charge is 0.314 e. The highest BCUT2D eigenvalue weighted by Crippen LogP contribution is 2.28. The van der Waals surface area contributed by atoms with E-state index in [9.17, 15) is 0 Å². The predicted molar refractivity (Wildman–Crippen MR) is 70.1 cm³/mol. The Labute approximate surface area is 104 Å². The third kappa shape index (κ3) is 2.43. The Bertz CT molecular complexity index is 476. The molecule has 1 aromatic heterocycles. The van der Waals surface area contributed by atoms with E-state index in [-0.39, 0.29) is 0 Å². The van der Waals surface area contributed by atoms with E-state index < -0.39 is 0 Å². The van der Waals surface area contributed by atoms with Gasteiger partial charge in [-0.25, -0.2) is 4.98 Å². The van der Waals surface area contributed by atoms with Crippen LogP contribution >= 0.6 is 22.9 Å². The van der Waals surface area contributed by atoms with E-state index in [4.69, 9.17) is 11.6 Å². The van der Waals surface area contributed by atoms with Crippen molar-refractivity contribution in [2.45, 2.75) is 13.5 Å². The van der Waals surface area contributed by atoms with Crippen molar-refractivity contribution in [2.24, 2.45) is 0 Å². The van der Waals surface area contributed by atoms with Crippen LogP contribution in [0.2, 0.25) is 5.02 Å². The lowest BCUT2D eigenvalue weighted by Gasteiger charge is -1.96. The molecule has 0 amide bonds. The Kier molecular flexibility index (Phi) is 3.59. The molecule has 0 saturated carbocycles. The lowest BCUT2D eigenvalue weighted by atomic mass is 10.2. The minimum atomic E-state index is 0.757. The molecule has 1 N–H and O–H groups in total. The van der Waals surface area contributed by atoms with E-state index in [1.54, 1.807) is 11.3 Å². The highest BCUT2D eigenvalue weighted by atomic mass is 35.5. The molecule has 0 unspecified atom stereocenters. The summed E-state index contributed by atoms with van der Waals surface area (Å²) in [5, 5.41) is 4.93. The minimum absolute atomic E-state index is 0.757. The molecule has 0 saturated heterocycles. The van der Waals surface area contributed by atoms with E-state index in [2.05, 4.69) is 17.2 Å². The van der Waals surface area contributed by atoms with Gasteiger partial charge in [-0.3, -0.25) is 0 Å². The highest BCUT2D eigenvalue weighted by molar-refractivity contribution is 7.15. The van der Waals surface area contributed by atoms with E-state index in [1.165, 1.54) is 4.88 Å². The summed E-state index contributed by atoms with van der Waals surface area (Å²) < 4.78 is 0. The molecule has 0 radical (unpaired) electrons. The molecule has 16 heavy (non-hydrogen) atoms. The summed E-state index contributed by atoms with van der Waals surface area (Å²) in [7, 11) is 1.93. The molecule has 0 bridgehead atoms. The normalized spacial score (nSPS) is 10.7. The number of nitrogens with zero attached hydrogens (tertiary/aromatic N) is 1. The summed E-state index contributed by atoms with van der Waals surface area (Å²) in [5.74, 6) is 0.